The van der Waals surface area contributed by atoms with Gasteiger partial charge in [-0.1, -0.05) is 5.57 Å². The molecule has 0 unspecified atom stereocenters. The number of nitrogens with zero attached hydrogens (tertiary/aromatic N) is 3. The van der Waals surface area contributed by atoms with Crippen LogP contribution in [0.15, 0.2) is 36.2 Å². The van der Waals surface area contributed by atoms with Crippen molar-refractivity contribution in [3.8, 4) is 0 Å². The van der Waals surface area contributed by atoms with E-state index in [1.165, 1.54) is 23.1 Å². The lowest BCUT2D eigenvalue weighted by molar-refractivity contribution is -0.139. The highest BCUT2D eigenvalue weighted by atomic mass is 16.2. The summed E-state index contributed by atoms with van der Waals surface area (Å²) in [5.74, 6) is -0.152. The fraction of sp³-hybridized carbons (Fsp3) is 0.231. The van der Waals surface area contributed by atoms with Gasteiger partial charge in [0.2, 0.25) is 0 Å². The third-order valence-corrected chi connectivity index (χ3v) is 2.59. The van der Waals surface area contributed by atoms with Crippen molar-refractivity contribution in [2.45, 2.75) is 13.3 Å². The number of hydrogen-bond donors (Lipinski definition) is 0. The second-order valence-corrected chi connectivity index (χ2v) is 4.01. The first-order chi connectivity index (χ1) is 8.66. The molecule has 18 heavy (non-hydrogen) atoms. The molecule has 2 rings (SSSR count). The van der Waals surface area contributed by atoms with Crippen LogP contribution in [0.4, 0.5) is 0 Å². The van der Waals surface area contributed by atoms with Crippen LogP contribution in [-0.4, -0.2) is 33.2 Å². The summed E-state index contributed by atoms with van der Waals surface area (Å²) >= 11 is 0. The fourth-order valence-corrected chi connectivity index (χ4v) is 1.61. The van der Waals surface area contributed by atoms with Crippen LogP contribution in [0.3, 0.4) is 0 Å². The lowest BCUT2D eigenvalue weighted by Gasteiger charge is -2.22. The number of amides is 2. The van der Waals surface area contributed by atoms with Gasteiger partial charge in [-0.3, -0.25) is 14.5 Å². The first-order valence-electron chi connectivity index (χ1n) is 5.64. The quantitative estimate of drug-likeness (QED) is 0.732. The van der Waals surface area contributed by atoms with E-state index in [9.17, 15) is 9.59 Å². The average molecular weight is 243 g/mol. The number of carbonyl (C=O) groups is 2. The van der Waals surface area contributed by atoms with Gasteiger partial charge >= 0.3 is 0 Å². The average Bonchev–Trinajstić information content (AvgIpc) is 2.37. The number of rotatable bonds is 2. The van der Waals surface area contributed by atoms with Crippen molar-refractivity contribution in [3.05, 3.63) is 42.0 Å². The van der Waals surface area contributed by atoms with Crippen molar-refractivity contribution < 1.29 is 9.59 Å². The second-order valence-electron chi connectivity index (χ2n) is 4.01. The van der Waals surface area contributed by atoms with Crippen molar-refractivity contribution in [1.29, 1.82) is 0 Å². The fourth-order valence-electron chi connectivity index (χ4n) is 1.61. The van der Waals surface area contributed by atoms with E-state index in [1.807, 2.05) is 6.92 Å². The minimum Gasteiger partial charge on any atom is -0.275 e. The largest absolute Gasteiger partial charge is 0.275 e. The van der Waals surface area contributed by atoms with Crippen LogP contribution >= 0.6 is 0 Å². The highest BCUT2D eigenvalue weighted by molar-refractivity contribution is 6.07. The van der Waals surface area contributed by atoms with Crippen molar-refractivity contribution in [3.63, 3.8) is 0 Å². The normalized spacial score (nSPS) is 15.9. The summed E-state index contributed by atoms with van der Waals surface area (Å²) in [7, 11) is 0. The summed E-state index contributed by atoms with van der Waals surface area (Å²) in [5.41, 5.74) is 0.999. The van der Waals surface area contributed by atoms with E-state index in [0.717, 1.165) is 12.0 Å². The Balaban J connectivity index is 2.05. The first-order valence-corrected chi connectivity index (χ1v) is 5.64. The Kier molecular flexibility index (Phi) is 3.62. The van der Waals surface area contributed by atoms with Crippen molar-refractivity contribution in [2.75, 3.05) is 6.54 Å². The summed E-state index contributed by atoms with van der Waals surface area (Å²) < 4.78 is 0. The van der Waals surface area contributed by atoms with Crippen LogP contribution < -0.4 is 0 Å². The molecule has 5 nitrogen and oxygen atoms in total. The van der Waals surface area contributed by atoms with Crippen molar-refractivity contribution in [2.24, 2.45) is 0 Å². The number of aromatic nitrogens is 2. The molecule has 0 bridgehead atoms. The van der Waals surface area contributed by atoms with E-state index in [4.69, 9.17) is 0 Å². The van der Waals surface area contributed by atoms with Gasteiger partial charge < -0.3 is 0 Å². The maximum Gasteiger partial charge on any atom is 0.253 e. The molecular weight excluding hydrogens is 230 g/mol. The van der Waals surface area contributed by atoms with E-state index in [-0.39, 0.29) is 11.8 Å². The van der Waals surface area contributed by atoms with Crippen LogP contribution in [0.5, 0.6) is 0 Å². The molecule has 5 heteroatoms. The zero-order valence-corrected chi connectivity index (χ0v) is 10.0. The SMILES string of the molecule is CC1=CC(=O)N(C(=O)/C=C/c2ncccn2)CC1. The Hall–Kier alpha value is -2.30. The van der Waals surface area contributed by atoms with Gasteiger partial charge in [0.15, 0.2) is 5.82 Å². The molecule has 1 aromatic heterocycles. The van der Waals surface area contributed by atoms with E-state index >= 15 is 0 Å². The minimum atomic E-state index is -0.337. The molecule has 2 heterocycles. The Bertz CT molecular complexity index is 520. The van der Waals surface area contributed by atoms with E-state index < -0.39 is 0 Å². The predicted octanol–water partition coefficient (Wildman–Crippen LogP) is 1.20. The van der Waals surface area contributed by atoms with Crippen LogP contribution in [0.25, 0.3) is 6.08 Å². The maximum absolute atomic E-state index is 11.8. The standard InChI is InChI=1S/C13H13N3O2/c1-10-5-8-16(13(18)9-10)12(17)4-3-11-14-6-2-7-15-11/h2-4,6-7,9H,5,8H2,1H3/b4-3+. The lowest BCUT2D eigenvalue weighted by atomic mass is 10.1. The molecule has 0 fully saturated rings. The second kappa shape index (κ2) is 5.35. The van der Waals surface area contributed by atoms with Crippen LogP contribution in [-0.2, 0) is 9.59 Å². The predicted molar refractivity (Wildman–Crippen MR) is 66.2 cm³/mol. The molecule has 2 amide bonds. The molecule has 1 aliphatic rings. The zero-order valence-electron chi connectivity index (χ0n) is 10.0. The van der Waals surface area contributed by atoms with Crippen molar-refractivity contribution in [1.82, 2.24) is 14.9 Å². The number of hydrogen-bond acceptors (Lipinski definition) is 4. The topological polar surface area (TPSA) is 63.2 Å². The van der Waals surface area contributed by atoms with Crippen LogP contribution in [0.1, 0.15) is 19.2 Å². The van der Waals surface area contributed by atoms with Gasteiger partial charge in [0.1, 0.15) is 0 Å². The maximum atomic E-state index is 11.8. The monoisotopic (exact) mass is 243 g/mol. The molecule has 0 spiro atoms. The molecule has 0 saturated heterocycles. The minimum absolute atomic E-state index is 0.262. The summed E-state index contributed by atoms with van der Waals surface area (Å²) in [6, 6.07) is 1.70. The van der Waals surface area contributed by atoms with Gasteiger partial charge in [0, 0.05) is 31.1 Å². The Morgan fingerprint density at radius 2 is 2.11 bits per heavy atom. The van der Waals surface area contributed by atoms with Gasteiger partial charge in [-0.15, -0.1) is 0 Å². The Morgan fingerprint density at radius 1 is 1.39 bits per heavy atom. The summed E-state index contributed by atoms with van der Waals surface area (Å²) in [5, 5.41) is 0. The molecular formula is C13H13N3O2. The lowest BCUT2D eigenvalue weighted by Crippen LogP contribution is -2.37. The molecule has 0 aromatic carbocycles. The smallest absolute Gasteiger partial charge is 0.253 e. The van der Waals surface area contributed by atoms with Crippen molar-refractivity contribution >= 4 is 17.9 Å². The van der Waals surface area contributed by atoms with Gasteiger partial charge in [-0.2, -0.15) is 0 Å². The summed E-state index contributed by atoms with van der Waals surface area (Å²) in [6.07, 6.45) is 8.23. The third-order valence-electron chi connectivity index (χ3n) is 2.59. The van der Waals surface area contributed by atoms with Crippen LogP contribution in [0, 0.1) is 0 Å². The van der Waals surface area contributed by atoms with Gasteiger partial charge in [0.05, 0.1) is 0 Å². The highest BCUT2D eigenvalue weighted by Crippen LogP contribution is 2.11. The van der Waals surface area contributed by atoms with Gasteiger partial charge in [-0.25, -0.2) is 9.97 Å². The number of carbonyl (C=O) groups excluding carboxylic acids is 2. The Labute approximate surface area is 105 Å². The van der Waals surface area contributed by atoms with Crippen LogP contribution in [0.2, 0.25) is 0 Å². The van der Waals surface area contributed by atoms with Gasteiger partial charge in [-0.05, 0) is 25.5 Å². The molecule has 0 saturated carbocycles. The van der Waals surface area contributed by atoms with E-state index in [1.54, 1.807) is 18.5 Å². The molecule has 0 atom stereocenters. The summed E-state index contributed by atoms with van der Waals surface area (Å²) in [4.78, 5) is 32.6. The highest BCUT2D eigenvalue weighted by Gasteiger charge is 2.21. The molecule has 0 N–H and O–H groups in total. The third kappa shape index (κ3) is 2.88. The first kappa shape index (κ1) is 12.2. The molecule has 0 radical (unpaired) electrons. The van der Waals surface area contributed by atoms with Gasteiger partial charge in [0.25, 0.3) is 11.8 Å². The number of imide groups is 1. The zero-order chi connectivity index (χ0) is 13.0. The van der Waals surface area contributed by atoms with E-state index in [2.05, 4.69) is 9.97 Å². The summed E-state index contributed by atoms with van der Waals surface area (Å²) in [6.45, 7) is 2.31. The molecule has 1 aliphatic heterocycles. The molecule has 92 valence electrons. The molecule has 1 aromatic rings. The Morgan fingerprint density at radius 3 is 2.78 bits per heavy atom. The molecule has 0 aliphatic carbocycles. The van der Waals surface area contributed by atoms with E-state index in [0.29, 0.717) is 12.4 Å².